The number of amides is 2. The maximum Gasteiger partial charge on any atom is 0.238 e. The molecule has 3 aliphatic rings. The van der Waals surface area contributed by atoms with Crippen LogP contribution in [0.15, 0.2) is 42.5 Å². The van der Waals surface area contributed by atoms with E-state index >= 15 is 0 Å². The van der Waals surface area contributed by atoms with Gasteiger partial charge in [-0.3, -0.25) is 14.5 Å². The van der Waals surface area contributed by atoms with Crippen molar-refractivity contribution in [3.8, 4) is 11.5 Å². The number of hydrogen-bond donors (Lipinski definition) is 0. The van der Waals surface area contributed by atoms with Crippen molar-refractivity contribution in [2.24, 2.45) is 23.7 Å². The molecule has 3 fully saturated rings. The molecule has 0 radical (unpaired) electrons. The Kier molecular flexibility index (Phi) is 5.29. The summed E-state index contributed by atoms with van der Waals surface area (Å²) in [7, 11) is 0. The summed E-state index contributed by atoms with van der Waals surface area (Å²) in [5.41, 5.74) is 2.92. The number of benzene rings is 2. The maximum absolute atomic E-state index is 13.2. The number of ether oxygens (including phenoxy) is 1. The van der Waals surface area contributed by atoms with Crippen molar-refractivity contribution in [3.63, 3.8) is 0 Å². The van der Waals surface area contributed by atoms with E-state index in [-0.39, 0.29) is 45.1 Å². The fraction of sp³-hybridized carbons (Fsp3) is 0.440. The molecule has 2 bridgehead atoms. The van der Waals surface area contributed by atoms with Gasteiger partial charge in [0, 0.05) is 9.65 Å². The Bertz CT molecular complexity index is 1020. The SMILES string of the molecule is Cc1ccc(C(C)C)c(Oc2ccc(N3C(=O)[C@@H]4[C@H]5C[C@@H]([C@H](Br)[C@H]5Br)[C@@H]4C3=O)cc2)c1. The van der Waals surface area contributed by atoms with Gasteiger partial charge in [-0.25, -0.2) is 0 Å². The summed E-state index contributed by atoms with van der Waals surface area (Å²) >= 11 is 7.47. The number of rotatable bonds is 4. The summed E-state index contributed by atoms with van der Waals surface area (Å²) in [6.45, 7) is 6.33. The van der Waals surface area contributed by atoms with Crippen LogP contribution in [-0.2, 0) is 9.59 Å². The van der Waals surface area contributed by atoms with E-state index in [9.17, 15) is 9.59 Å². The van der Waals surface area contributed by atoms with Crippen LogP contribution in [0.5, 0.6) is 11.5 Å². The Morgan fingerprint density at radius 1 is 0.935 bits per heavy atom. The van der Waals surface area contributed by atoms with Crippen molar-refractivity contribution in [2.75, 3.05) is 4.90 Å². The number of hydrogen-bond acceptors (Lipinski definition) is 3. The molecule has 6 heteroatoms. The van der Waals surface area contributed by atoms with Crippen LogP contribution in [0.3, 0.4) is 0 Å². The molecule has 31 heavy (non-hydrogen) atoms. The second kappa shape index (κ2) is 7.73. The highest BCUT2D eigenvalue weighted by atomic mass is 79.9. The van der Waals surface area contributed by atoms with Gasteiger partial charge in [0.2, 0.25) is 11.8 Å². The first-order valence-electron chi connectivity index (χ1n) is 10.8. The third-order valence-electron chi connectivity index (χ3n) is 7.10. The summed E-state index contributed by atoms with van der Waals surface area (Å²) in [6, 6.07) is 13.5. The quantitative estimate of drug-likeness (QED) is 0.339. The van der Waals surface area contributed by atoms with E-state index < -0.39 is 0 Å². The molecule has 0 N–H and O–H groups in total. The smallest absolute Gasteiger partial charge is 0.238 e. The van der Waals surface area contributed by atoms with E-state index in [0.29, 0.717) is 17.4 Å². The molecule has 2 aromatic rings. The van der Waals surface area contributed by atoms with Crippen LogP contribution >= 0.6 is 31.9 Å². The zero-order chi connectivity index (χ0) is 22.0. The van der Waals surface area contributed by atoms with E-state index in [4.69, 9.17) is 4.74 Å². The monoisotopic (exact) mass is 545 g/mol. The van der Waals surface area contributed by atoms with Gasteiger partial charge < -0.3 is 4.74 Å². The van der Waals surface area contributed by atoms with Crippen molar-refractivity contribution in [2.45, 2.75) is 42.8 Å². The minimum atomic E-state index is -0.201. The third kappa shape index (κ3) is 3.29. The molecule has 1 aliphatic heterocycles. The first-order chi connectivity index (χ1) is 14.8. The topological polar surface area (TPSA) is 46.6 Å². The van der Waals surface area contributed by atoms with Crippen molar-refractivity contribution in [1.82, 2.24) is 0 Å². The molecule has 2 amide bonds. The first kappa shape index (κ1) is 21.2. The molecule has 2 saturated carbocycles. The van der Waals surface area contributed by atoms with Crippen LogP contribution in [-0.4, -0.2) is 21.5 Å². The van der Waals surface area contributed by atoms with E-state index in [2.05, 4.69) is 57.8 Å². The van der Waals surface area contributed by atoms with E-state index in [0.717, 1.165) is 23.3 Å². The molecule has 1 heterocycles. The van der Waals surface area contributed by atoms with Crippen molar-refractivity contribution in [1.29, 1.82) is 0 Å². The molecule has 0 spiro atoms. The average Bonchev–Trinajstić information content (AvgIpc) is 3.33. The second-order valence-electron chi connectivity index (χ2n) is 9.31. The zero-order valence-corrected chi connectivity index (χ0v) is 20.9. The lowest BCUT2D eigenvalue weighted by molar-refractivity contribution is -0.123. The van der Waals surface area contributed by atoms with Crippen LogP contribution in [0, 0.1) is 30.6 Å². The molecule has 2 aromatic carbocycles. The lowest BCUT2D eigenvalue weighted by Crippen LogP contribution is -2.37. The molecule has 6 atom stereocenters. The summed E-state index contributed by atoms with van der Waals surface area (Å²) in [4.78, 5) is 28.3. The summed E-state index contributed by atoms with van der Waals surface area (Å²) < 4.78 is 6.17. The molecule has 0 unspecified atom stereocenters. The molecule has 5 rings (SSSR count). The number of aryl methyl sites for hydroxylation is 1. The van der Waals surface area contributed by atoms with Crippen molar-refractivity contribution < 1.29 is 14.3 Å². The van der Waals surface area contributed by atoms with Gasteiger partial charge in [-0.2, -0.15) is 0 Å². The van der Waals surface area contributed by atoms with Gasteiger partial charge in [0.05, 0.1) is 17.5 Å². The van der Waals surface area contributed by atoms with Gasteiger partial charge in [0.15, 0.2) is 0 Å². The summed E-state index contributed by atoms with van der Waals surface area (Å²) in [5, 5.41) is 0. The first-order valence-corrected chi connectivity index (χ1v) is 12.7. The van der Waals surface area contributed by atoms with Crippen LogP contribution in [0.4, 0.5) is 5.69 Å². The number of fused-ring (bicyclic) bond motifs is 5. The van der Waals surface area contributed by atoms with Gasteiger partial charge in [-0.15, -0.1) is 0 Å². The van der Waals surface area contributed by atoms with Crippen molar-refractivity contribution >= 4 is 49.4 Å². The highest BCUT2D eigenvalue weighted by Gasteiger charge is 2.66. The van der Waals surface area contributed by atoms with E-state index in [1.807, 2.05) is 37.3 Å². The van der Waals surface area contributed by atoms with Gasteiger partial charge in [0.1, 0.15) is 11.5 Å². The normalized spacial score (nSPS) is 31.6. The van der Waals surface area contributed by atoms with Crippen LogP contribution in [0.2, 0.25) is 0 Å². The fourth-order valence-electron chi connectivity index (χ4n) is 5.60. The fourth-order valence-corrected chi connectivity index (χ4v) is 7.47. The predicted octanol–water partition coefficient (Wildman–Crippen LogP) is 6.19. The molecular formula is C25H25Br2NO3. The number of carbonyl (C=O) groups is 2. The third-order valence-corrected chi connectivity index (χ3v) is 10.3. The highest BCUT2D eigenvalue weighted by molar-refractivity contribution is 9.12. The largest absolute Gasteiger partial charge is 0.457 e. The highest BCUT2D eigenvalue weighted by Crippen LogP contribution is 2.60. The number of halogens is 2. The van der Waals surface area contributed by atoms with Gasteiger partial charge in [-0.05, 0) is 72.6 Å². The molecule has 1 saturated heterocycles. The Labute approximate surface area is 199 Å². The predicted molar refractivity (Wildman–Crippen MR) is 128 cm³/mol. The van der Waals surface area contributed by atoms with E-state index in [1.54, 1.807) is 0 Å². The number of alkyl halides is 2. The Balaban J connectivity index is 1.39. The number of nitrogens with zero attached hydrogens (tertiary/aromatic N) is 1. The van der Waals surface area contributed by atoms with Gasteiger partial charge in [-0.1, -0.05) is 57.8 Å². The molecule has 0 aromatic heterocycles. The Morgan fingerprint density at radius 2 is 1.52 bits per heavy atom. The zero-order valence-electron chi connectivity index (χ0n) is 17.7. The molecular weight excluding hydrogens is 522 g/mol. The average molecular weight is 547 g/mol. The van der Waals surface area contributed by atoms with Gasteiger partial charge >= 0.3 is 0 Å². The number of imide groups is 1. The molecule has 2 aliphatic carbocycles. The number of carbonyl (C=O) groups excluding carboxylic acids is 2. The Hall–Kier alpha value is -1.66. The summed E-state index contributed by atoms with van der Waals surface area (Å²) in [5.74, 6) is 1.81. The second-order valence-corrected chi connectivity index (χ2v) is 11.4. The van der Waals surface area contributed by atoms with Crippen LogP contribution < -0.4 is 9.64 Å². The van der Waals surface area contributed by atoms with Crippen LogP contribution in [0.1, 0.15) is 37.3 Å². The lowest BCUT2D eigenvalue weighted by atomic mass is 9.81. The Morgan fingerprint density at radius 3 is 2.06 bits per heavy atom. The van der Waals surface area contributed by atoms with Crippen LogP contribution in [0.25, 0.3) is 0 Å². The standard InChI is InChI=1S/C25H25Br2NO3/c1-12(2)16-9-4-13(3)10-19(16)31-15-7-5-14(6-8-15)28-24(29)20-17-11-18(21(20)25(28)30)23(27)22(17)26/h4-10,12,17-18,20-23H,11H2,1-3H3/t17-,18-,20-,21+,22+,23+/m1/s1. The molecule has 4 nitrogen and oxygen atoms in total. The van der Waals surface area contributed by atoms with Gasteiger partial charge in [0.25, 0.3) is 0 Å². The number of anilines is 1. The van der Waals surface area contributed by atoms with Crippen molar-refractivity contribution in [3.05, 3.63) is 53.6 Å². The minimum Gasteiger partial charge on any atom is -0.457 e. The minimum absolute atomic E-state index is 0.0548. The molecule has 162 valence electrons. The lowest BCUT2D eigenvalue weighted by Gasteiger charge is -2.28. The maximum atomic E-state index is 13.2. The van der Waals surface area contributed by atoms with E-state index in [1.165, 1.54) is 4.90 Å². The summed E-state index contributed by atoms with van der Waals surface area (Å²) in [6.07, 6.45) is 0.938.